The zero-order valence-electron chi connectivity index (χ0n) is 20.0. The van der Waals surface area contributed by atoms with Crippen LogP contribution in [0.3, 0.4) is 0 Å². The van der Waals surface area contributed by atoms with Crippen molar-refractivity contribution in [1.82, 2.24) is 4.90 Å². The third-order valence-corrected chi connectivity index (χ3v) is 6.96. The van der Waals surface area contributed by atoms with Crippen molar-refractivity contribution >= 4 is 44.9 Å². The lowest BCUT2D eigenvalue weighted by Gasteiger charge is -2.14. The summed E-state index contributed by atoms with van der Waals surface area (Å²) in [7, 11) is 0. The van der Waals surface area contributed by atoms with Gasteiger partial charge in [0.1, 0.15) is 19.0 Å². The molecule has 0 spiro atoms. The van der Waals surface area contributed by atoms with Crippen LogP contribution in [0, 0.1) is 6.92 Å². The van der Waals surface area contributed by atoms with Crippen molar-refractivity contribution in [2.75, 3.05) is 19.8 Å². The number of thioether (sulfide) groups is 1. The zero-order chi connectivity index (χ0) is 25.5. The molecule has 0 aliphatic carbocycles. The number of imide groups is 1. The lowest BCUT2D eigenvalue weighted by Crippen LogP contribution is -2.32. The van der Waals surface area contributed by atoms with Gasteiger partial charge in [-0.1, -0.05) is 64.0 Å². The molecule has 2 amide bonds. The van der Waals surface area contributed by atoms with E-state index in [1.807, 2.05) is 80.6 Å². The number of nitrogens with zero attached hydrogens (tertiary/aromatic N) is 1. The average molecular weight is 568 g/mol. The van der Waals surface area contributed by atoms with E-state index in [0.717, 1.165) is 27.4 Å². The minimum Gasteiger partial charge on any atom is -0.492 e. The molecule has 186 valence electrons. The van der Waals surface area contributed by atoms with Crippen LogP contribution >= 0.6 is 27.7 Å². The Bertz CT molecular complexity index is 1260. The summed E-state index contributed by atoms with van der Waals surface area (Å²) in [5.74, 6) is 1.51. The average Bonchev–Trinajstić information content (AvgIpc) is 3.14. The van der Waals surface area contributed by atoms with Gasteiger partial charge in [-0.3, -0.25) is 14.5 Å². The molecule has 1 aliphatic rings. The van der Waals surface area contributed by atoms with Crippen molar-refractivity contribution in [1.29, 1.82) is 0 Å². The normalized spacial score (nSPS) is 14.4. The Morgan fingerprint density at radius 1 is 0.944 bits per heavy atom. The maximum Gasteiger partial charge on any atom is 0.293 e. The van der Waals surface area contributed by atoms with Crippen molar-refractivity contribution in [3.63, 3.8) is 0 Å². The maximum atomic E-state index is 12.9. The number of amides is 2. The number of benzene rings is 3. The summed E-state index contributed by atoms with van der Waals surface area (Å²) < 4.78 is 18.2. The third kappa shape index (κ3) is 6.50. The first kappa shape index (κ1) is 25.9. The first-order chi connectivity index (χ1) is 17.4. The highest BCUT2D eigenvalue weighted by molar-refractivity contribution is 9.10. The van der Waals surface area contributed by atoms with Crippen LogP contribution in [0.2, 0.25) is 0 Å². The van der Waals surface area contributed by atoms with Gasteiger partial charge >= 0.3 is 0 Å². The third-order valence-electron chi connectivity index (χ3n) is 5.36. The van der Waals surface area contributed by atoms with E-state index >= 15 is 0 Å². The van der Waals surface area contributed by atoms with E-state index in [1.165, 1.54) is 4.90 Å². The lowest BCUT2D eigenvalue weighted by atomic mass is 10.1. The molecule has 0 saturated carbocycles. The van der Waals surface area contributed by atoms with Gasteiger partial charge in [0, 0.05) is 4.47 Å². The van der Waals surface area contributed by atoms with Crippen LogP contribution < -0.4 is 14.2 Å². The summed E-state index contributed by atoms with van der Waals surface area (Å²) >= 11 is 4.48. The van der Waals surface area contributed by atoms with Gasteiger partial charge < -0.3 is 14.2 Å². The Kier molecular flexibility index (Phi) is 8.72. The maximum absolute atomic E-state index is 12.9. The number of carbonyl (C=O) groups excluding carboxylic acids is 2. The molecule has 1 saturated heterocycles. The highest BCUT2D eigenvalue weighted by Crippen LogP contribution is 2.38. The Morgan fingerprint density at radius 2 is 1.67 bits per heavy atom. The van der Waals surface area contributed by atoms with E-state index in [4.69, 9.17) is 14.2 Å². The van der Waals surface area contributed by atoms with Crippen molar-refractivity contribution in [3.8, 4) is 17.2 Å². The second kappa shape index (κ2) is 12.1. The molecule has 6 nitrogen and oxygen atoms in total. The molecule has 1 aliphatic heterocycles. The van der Waals surface area contributed by atoms with Gasteiger partial charge in [-0.15, -0.1) is 0 Å². The van der Waals surface area contributed by atoms with E-state index in [-0.39, 0.29) is 24.3 Å². The fourth-order valence-electron chi connectivity index (χ4n) is 3.50. The van der Waals surface area contributed by atoms with Crippen molar-refractivity contribution < 1.29 is 23.8 Å². The number of ether oxygens (including phenoxy) is 3. The summed E-state index contributed by atoms with van der Waals surface area (Å²) in [6.07, 6.45) is 1.69. The van der Waals surface area contributed by atoms with Crippen LogP contribution in [0.5, 0.6) is 17.2 Å². The Labute approximate surface area is 223 Å². The molecule has 0 bridgehead atoms. The van der Waals surface area contributed by atoms with Crippen LogP contribution in [-0.2, 0) is 11.4 Å². The summed E-state index contributed by atoms with van der Waals surface area (Å²) in [6, 6.07) is 21.1. The fraction of sp³-hybridized carbons (Fsp3) is 0.214. The molecule has 0 aromatic heterocycles. The van der Waals surface area contributed by atoms with Crippen molar-refractivity contribution in [2.45, 2.75) is 20.5 Å². The number of rotatable bonds is 10. The van der Waals surface area contributed by atoms with E-state index in [1.54, 1.807) is 6.08 Å². The molecule has 36 heavy (non-hydrogen) atoms. The smallest absolute Gasteiger partial charge is 0.293 e. The number of hydrogen-bond acceptors (Lipinski definition) is 6. The molecule has 4 rings (SSSR count). The van der Waals surface area contributed by atoms with E-state index in [9.17, 15) is 9.59 Å². The Hall–Kier alpha value is -3.23. The second-order valence-corrected chi connectivity index (χ2v) is 9.87. The number of carbonyl (C=O) groups is 2. The standard InChI is InChI=1S/C28H26BrNO5S/c1-3-33-24-15-21(23(29)17-25(24)35-18-20-7-5-4-6-8-20)16-26-27(31)30(28(32)36-26)13-14-34-22-11-9-19(2)10-12-22/h4-12,15-17H,3,13-14,18H2,1-2H3/b26-16-. The first-order valence-electron chi connectivity index (χ1n) is 11.5. The molecule has 3 aromatic carbocycles. The van der Waals surface area contributed by atoms with Crippen LogP contribution in [0.4, 0.5) is 4.79 Å². The quantitative estimate of drug-likeness (QED) is 0.249. The summed E-state index contributed by atoms with van der Waals surface area (Å²) in [4.78, 5) is 27.0. The van der Waals surface area contributed by atoms with Crippen molar-refractivity contribution in [2.24, 2.45) is 0 Å². The minimum absolute atomic E-state index is 0.174. The largest absolute Gasteiger partial charge is 0.492 e. The zero-order valence-corrected chi connectivity index (χ0v) is 22.4. The predicted molar refractivity (Wildman–Crippen MR) is 145 cm³/mol. The second-order valence-electron chi connectivity index (χ2n) is 8.02. The molecular weight excluding hydrogens is 542 g/mol. The van der Waals surface area contributed by atoms with Crippen LogP contribution in [-0.4, -0.2) is 35.8 Å². The van der Waals surface area contributed by atoms with Gasteiger partial charge in [-0.2, -0.15) is 0 Å². The Balaban J connectivity index is 1.45. The number of halogens is 1. The summed E-state index contributed by atoms with van der Waals surface area (Å²) in [5, 5.41) is -0.317. The summed E-state index contributed by atoms with van der Waals surface area (Å²) in [6.45, 7) is 5.15. The minimum atomic E-state index is -0.341. The molecule has 0 N–H and O–H groups in total. The van der Waals surface area contributed by atoms with Gasteiger partial charge in [0.25, 0.3) is 11.1 Å². The SMILES string of the molecule is CCOc1cc(/C=C2\SC(=O)N(CCOc3ccc(C)cc3)C2=O)c(Br)cc1OCc1ccccc1. The van der Waals surface area contributed by atoms with Crippen LogP contribution in [0.1, 0.15) is 23.6 Å². The van der Waals surface area contributed by atoms with Gasteiger partial charge in [0.05, 0.1) is 18.1 Å². The molecule has 0 unspecified atom stereocenters. The molecule has 8 heteroatoms. The number of aryl methyl sites for hydroxylation is 1. The highest BCUT2D eigenvalue weighted by atomic mass is 79.9. The van der Waals surface area contributed by atoms with E-state index in [2.05, 4.69) is 15.9 Å². The summed E-state index contributed by atoms with van der Waals surface area (Å²) in [5.41, 5.74) is 2.89. The molecule has 0 radical (unpaired) electrons. The topological polar surface area (TPSA) is 65.1 Å². The molecule has 1 heterocycles. The fourth-order valence-corrected chi connectivity index (χ4v) is 4.79. The van der Waals surface area contributed by atoms with Crippen LogP contribution in [0.25, 0.3) is 6.08 Å². The molecule has 3 aromatic rings. The van der Waals surface area contributed by atoms with Crippen LogP contribution in [0.15, 0.2) is 76.1 Å². The predicted octanol–water partition coefficient (Wildman–Crippen LogP) is 6.85. The van der Waals surface area contributed by atoms with E-state index in [0.29, 0.717) is 40.9 Å². The van der Waals surface area contributed by atoms with Gasteiger partial charge in [-0.05, 0) is 67.1 Å². The van der Waals surface area contributed by atoms with E-state index < -0.39 is 0 Å². The Morgan fingerprint density at radius 3 is 2.39 bits per heavy atom. The van der Waals surface area contributed by atoms with Gasteiger partial charge in [-0.25, -0.2) is 0 Å². The molecular formula is C28H26BrNO5S. The molecule has 1 fully saturated rings. The van der Waals surface area contributed by atoms with Gasteiger partial charge in [0.2, 0.25) is 0 Å². The number of hydrogen-bond donors (Lipinski definition) is 0. The lowest BCUT2D eigenvalue weighted by molar-refractivity contribution is -0.123. The monoisotopic (exact) mass is 567 g/mol. The highest BCUT2D eigenvalue weighted by Gasteiger charge is 2.35. The molecule has 0 atom stereocenters. The first-order valence-corrected chi connectivity index (χ1v) is 13.1. The van der Waals surface area contributed by atoms with Gasteiger partial charge in [0.15, 0.2) is 11.5 Å². The van der Waals surface area contributed by atoms with Crippen molar-refractivity contribution in [3.05, 3.63) is 92.8 Å².